The molecule has 0 amide bonds. The van der Waals surface area contributed by atoms with E-state index in [0.717, 1.165) is 0 Å². The Balaban J connectivity index is 2.49. The Bertz CT molecular complexity index is 652. The van der Waals surface area contributed by atoms with Gasteiger partial charge in [0.25, 0.3) is 11.2 Å². The minimum atomic E-state index is -0.469. The van der Waals surface area contributed by atoms with Crippen LogP contribution in [0.5, 0.6) is 0 Å². The second-order valence-corrected chi connectivity index (χ2v) is 4.01. The van der Waals surface area contributed by atoms with Crippen LogP contribution in [-0.4, -0.2) is 9.91 Å². The van der Waals surface area contributed by atoms with E-state index in [1.807, 2.05) is 0 Å². The van der Waals surface area contributed by atoms with Crippen molar-refractivity contribution in [1.82, 2.24) is 4.98 Å². The van der Waals surface area contributed by atoms with Crippen molar-refractivity contribution in [2.75, 3.05) is 0 Å². The molecule has 5 nitrogen and oxygen atoms in total. The molecule has 0 atom stereocenters. The predicted octanol–water partition coefficient (Wildman–Crippen LogP) is 2.38. The van der Waals surface area contributed by atoms with Crippen molar-refractivity contribution in [3.05, 3.63) is 62.4 Å². The van der Waals surface area contributed by atoms with E-state index in [1.54, 1.807) is 24.3 Å². The highest BCUT2D eigenvalue weighted by Crippen LogP contribution is 2.21. The topological polar surface area (TPSA) is 76.0 Å². The normalized spacial score (nSPS) is 10.3. The van der Waals surface area contributed by atoms with Gasteiger partial charge in [0.2, 0.25) is 0 Å². The Labute approximate surface area is 108 Å². The summed E-state index contributed by atoms with van der Waals surface area (Å²) in [5, 5.41) is 10.7. The molecule has 0 aliphatic heterocycles. The molecule has 0 fully saturated rings. The Hall–Kier alpha value is -2.08. The van der Waals surface area contributed by atoms with E-state index in [1.165, 1.54) is 12.1 Å². The minimum Gasteiger partial charge on any atom is -0.322 e. The number of aromatic nitrogens is 1. The van der Waals surface area contributed by atoms with Gasteiger partial charge in [-0.15, -0.1) is 0 Å². The summed E-state index contributed by atoms with van der Waals surface area (Å²) in [5.74, 6) is 0.352. The van der Waals surface area contributed by atoms with Crippen molar-refractivity contribution in [2.45, 2.75) is 5.75 Å². The van der Waals surface area contributed by atoms with Gasteiger partial charge in [-0.3, -0.25) is 14.9 Å². The number of thiol groups is 1. The molecule has 0 spiro atoms. The van der Waals surface area contributed by atoms with E-state index < -0.39 is 4.92 Å². The summed E-state index contributed by atoms with van der Waals surface area (Å²) >= 11 is 4.04. The third-order valence-corrected chi connectivity index (χ3v) is 2.87. The summed E-state index contributed by atoms with van der Waals surface area (Å²) in [7, 11) is 0. The molecule has 0 radical (unpaired) electrons. The Kier molecular flexibility index (Phi) is 3.47. The second-order valence-electron chi connectivity index (χ2n) is 3.69. The number of nitrogens with zero attached hydrogens (tertiary/aromatic N) is 1. The SMILES string of the molecule is O=c1[nH]c(-c2cccc([N+](=O)[O-])c2)ccc1CS. The maximum absolute atomic E-state index is 11.6. The van der Waals surface area contributed by atoms with Crippen molar-refractivity contribution in [2.24, 2.45) is 0 Å². The molecular weight excluding hydrogens is 252 g/mol. The summed E-state index contributed by atoms with van der Waals surface area (Å²) < 4.78 is 0. The van der Waals surface area contributed by atoms with Gasteiger partial charge in [-0.1, -0.05) is 18.2 Å². The van der Waals surface area contributed by atoms with Crippen LogP contribution in [0.1, 0.15) is 5.56 Å². The summed E-state index contributed by atoms with van der Waals surface area (Å²) in [5.41, 5.74) is 1.48. The zero-order chi connectivity index (χ0) is 13.1. The van der Waals surface area contributed by atoms with Crippen LogP contribution in [0, 0.1) is 10.1 Å². The van der Waals surface area contributed by atoms with Crippen molar-refractivity contribution >= 4 is 18.3 Å². The smallest absolute Gasteiger partial charge is 0.270 e. The van der Waals surface area contributed by atoms with E-state index in [0.29, 0.717) is 22.6 Å². The number of rotatable bonds is 3. The molecule has 1 aromatic heterocycles. The van der Waals surface area contributed by atoms with Gasteiger partial charge in [0.15, 0.2) is 0 Å². The van der Waals surface area contributed by atoms with Crippen LogP contribution in [0.25, 0.3) is 11.3 Å². The van der Waals surface area contributed by atoms with Gasteiger partial charge in [0.05, 0.1) is 4.92 Å². The van der Waals surface area contributed by atoms with Gasteiger partial charge >= 0.3 is 0 Å². The van der Waals surface area contributed by atoms with Crippen LogP contribution < -0.4 is 5.56 Å². The zero-order valence-electron chi connectivity index (χ0n) is 9.29. The Morgan fingerprint density at radius 2 is 2.06 bits per heavy atom. The van der Waals surface area contributed by atoms with Gasteiger partial charge in [0.1, 0.15) is 0 Å². The monoisotopic (exact) mass is 262 g/mol. The van der Waals surface area contributed by atoms with Gasteiger partial charge in [-0.25, -0.2) is 0 Å². The van der Waals surface area contributed by atoms with Crippen LogP contribution in [0.4, 0.5) is 5.69 Å². The molecule has 2 rings (SSSR count). The molecule has 18 heavy (non-hydrogen) atoms. The average Bonchev–Trinajstić information content (AvgIpc) is 2.38. The molecule has 1 N–H and O–H groups in total. The van der Waals surface area contributed by atoms with Gasteiger partial charge < -0.3 is 4.98 Å². The van der Waals surface area contributed by atoms with E-state index in [9.17, 15) is 14.9 Å². The van der Waals surface area contributed by atoms with Crippen LogP contribution in [0.3, 0.4) is 0 Å². The largest absolute Gasteiger partial charge is 0.322 e. The number of non-ortho nitro benzene ring substituents is 1. The molecule has 0 aliphatic carbocycles. The number of benzene rings is 1. The molecule has 1 heterocycles. The van der Waals surface area contributed by atoms with Crippen molar-refractivity contribution in [1.29, 1.82) is 0 Å². The molecule has 2 aromatic rings. The molecule has 1 aromatic carbocycles. The molecule has 6 heteroatoms. The number of hydrogen-bond acceptors (Lipinski definition) is 4. The standard InChI is InChI=1S/C12H10N2O3S/c15-12-9(7-18)4-5-11(13-12)8-2-1-3-10(6-8)14(16)17/h1-6,18H,7H2,(H,13,15). The zero-order valence-corrected chi connectivity index (χ0v) is 10.2. The lowest BCUT2D eigenvalue weighted by Crippen LogP contribution is -2.11. The number of aromatic amines is 1. The van der Waals surface area contributed by atoms with Gasteiger partial charge in [-0.05, 0) is 6.07 Å². The summed E-state index contributed by atoms with van der Waals surface area (Å²) in [6, 6.07) is 9.50. The third-order valence-electron chi connectivity index (χ3n) is 2.53. The first-order chi connectivity index (χ1) is 8.61. The third kappa shape index (κ3) is 2.43. The number of nitrogens with one attached hydrogen (secondary N) is 1. The summed E-state index contributed by atoms with van der Waals surface area (Å²) in [6.07, 6.45) is 0. The molecule has 0 bridgehead atoms. The molecule has 0 saturated heterocycles. The lowest BCUT2D eigenvalue weighted by molar-refractivity contribution is -0.384. The van der Waals surface area contributed by atoms with Crippen molar-refractivity contribution < 1.29 is 4.92 Å². The highest BCUT2D eigenvalue weighted by atomic mass is 32.1. The fourth-order valence-corrected chi connectivity index (χ4v) is 1.83. The minimum absolute atomic E-state index is 0.00776. The lowest BCUT2D eigenvalue weighted by Gasteiger charge is -2.02. The van der Waals surface area contributed by atoms with Crippen LogP contribution in [0.2, 0.25) is 0 Å². The van der Waals surface area contributed by atoms with E-state index in [2.05, 4.69) is 17.6 Å². The first-order valence-corrected chi connectivity index (χ1v) is 5.83. The predicted molar refractivity (Wildman–Crippen MR) is 71.8 cm³/mol. The maximum Gasteiger partial charge on any atom is 0.270 e. The first-order valence-electron chi connectivity index (χ1n) is 5.19. The quantitative estimate of drug-likeness (QED) is 0.506. The number of H-pyrrole nitrogens is 1. The van der Waals surface area contributed by atoms with E-state index >= 15 is 0 Å². The summed E-state index contributed by atoms with van der Waals surface area (Å²) in [4.78, 5) is 24.5. The molecule has 0 aliphatic rings. The van der Waals surface area contributed by atoms with Crippen LogP contribution >= 0.6 is 12.6 Å². The number of pyridine rings is 1. The molecule has 92 valence electrons. The van der Waals surface area contributed by atoms with Gasteiger partial charge in [0, 0.05) is 34.7 Å². The second kappa shape index (κ2) is 5.05. The van der Waals surface area contributed by atoms with Crippen LogP contribution in [0.15, 0.2) is 41.2 Å². The molecular formula is C12H10N2O3S. The Morgan fingerprint density at radius 3 is 2.67 bits per heavy atom. The highest BCUT2D eigenvalue weighted by Gasteiger charge is 2.08. The number of nitro groups is 1. The summed E-state index contributed by atoms with van der Waals surface area (Å²) in [6.45, 7) is 0. The highest BCUT2D eigenvalue weighted by molar-refractivity contribution is 7.79. The van der Waals surface area contributed by atoms with Gasteiger partial charge in [-0.2, -0.15) is 12.6 Å². The molecule has 0 unspecified atom stereocenters. The lowest BCUT2D eigenvalue weighted by atomic mass is 10.1. The number of hydrogen-bond donors (Lipinski definition) is 2. The Morgan fingerprint density at radius 1 is 1.28 bits per heavy atom. The number of nitro benzene ring substituents is 1. The first kappa shape index (κ1) is 12.4. The maximum atomic E-state index is 11.6. The molecule has 0 saturated carbocycles. The van der Waals surface area contributed by atoms with Crippen LogP contribution in [-0.2, 0) is 5.75 Å². The van der Waals surface area contributed by atoms with E-state index in [-0.39, 0.29) is 11.2 Å². The van der Waals surface area contributed by atoms with E-state index in [4.69, 9.17) is 0 Å². The van der Waals surface area contributed by atoms with Crippen molar-refractivity contribution in [3.63, 3.8) is 0 Å². The average molecular weight is 262 g/mol. The van der Waals surface area contributed by atoms with Crippen molar-refractivity contribution in [3.8, 4) is 11.3 Å². The fraction of sp³-hybridized carbons (Fsp3) is 0.0833. The fourth-order valence-electron chi connectivity index (χ4n) is 1.58.